The molecule has 0 fully saturated rings. The zero-order valence-electron chi connectivity index (χ0n) is 24.1. The number of methoxy groups -OCH3 is 3. The Balaban J connectivity index is 1.28. The van der Waals surface area contributed by atoms with Crippen LogP contribution in [0.25, 0.3) is 11.0 Å². The molecule has 1 heterocycles. The maximum absolute atomic E-state index is 12.7. The number of unbranched alkanes of at least 4 members (excludes halogenated alkanes) is 2. The number of hydrogen-bond donors (Lipinski definition) is 1. The van der Waals surface area contributed by atoms with Crippen molar-refractivity contribution in [2.45, 2.75) is 46.1 Å². The zero-order valence-corrected chi connectivity index (χ0v) is 24.1. The molecule has 4 aromatic rings. The third kappa shape index (κ3) is 6.86. The Bertz CT molecular complexity index is 1420. The Hall–Kier alpha value is -4.20. The van der Waals surface area contributed by atoms with Crippen LogP contribution in [0.5, 0.6) is 23.0 Å². The van der Waals surface area contributed by atoms with Crippen LogP contribution >= 0.6 is 0 Å². The van der Waals surface area contributed by atoms with E-state index in [2.05, 4.69) is 48.0 Å². The minimum absolute atomic E-state index is 0.176. The van der Waals surface area contributed by atoms with E-state index in [0.29, 0.717) is 36.0 Å². The first-order chi connectivity index (χ1) is 19.4. The number of amides is 1. The van der Waals surface area contributed by atoms with Gasteiger partial charge in [0.1, 0.15) is 18.2 Å². The van der Waals surface area contributed by atoms with Gasteiger partial charge in [0.25, 0.3) is 5.91 Å². The molecule has 1 amide bonds. The summed E-state index contributed by atoms with van der Waals surface area (Å²) in [4.78, 5) is 17.6. The number of aromatic nitrogens is 2. The van der Waals surface area contributed by atoms with Crippen molar-refractivity contribution < 1.29 is 23.7 Å². The summed E-state index contributed by atoms with van der Waals surface area (Å²) in [5.74, 6) is 3.15. The normalized spacial score (nSPS) is 10.9. The summed E-state index contributed by atoms with van der Waals surface area (Å²) < 4.78 is 24.4. The molecule has 0 spiro atoms. The van der Waals surface area contributed by atoms with E-state index in [1.165, 1.54) is 32.5 Å². The summed E-state index contributed by atoms with van der Waals surface area (Å²) in [6.07, 6.45) is 3.67. The molecule has 4 rings (SSSR count). The van der Waals surface area contributed by atoms with Gasteiger partial charge in [0, 0.05) is 18.5 Å². The fraction of sp³-hybridized carbons (Fsp3) is 0.375. The van der Waals surface area contributed by atoms with E-state index >= 15 is 0 Å². The summed E-state index contributed by atoms with van der Waals surface area (Å²) >= 11 is 0. The van der Waals surface area contributed by atoms with Gasteiger partial charge in [0.05, 0.1) is 38.9 Å². The van der Waals surface area contributed by atoms with Crippen molar-refractivity contribution in [1.29, 1.82) is 0 Å². The number of ether oxygens (including phenoxy) is 4. The molecule has 0 saturated carbocycles. The summed E-state index contributed by atoms with van der Waals surface area (Å²) in [7, 11) is 4.60. The van der Waals surface area contributed by atoms with Crippen molar-refractivity contribution in [2.75, 3.05) is 34.5 Å². The average Bonchev–Trinajstić information content (AvgIpc) is 3.32. The lowest BCUT2D eigenvalue weighted by Crippen LogP contribution is -2.24. The van der Waals surface area contributed by atoms with E-state index in [1.807, 2.05) is 18.2 Å². The van der Waals surface area contributed by atoms with Crippen LogP contribution in [0, 0.1) is 13.8 Å². The fourth-order valence-electron chi connectivity index (χ4n) is 4.73. The molecule has 0 saturated heterocycles. The summed E-state index contributed by atoms with van der Waals surface area (Å²) in [6, 6.07) is 17.7. The molecule has 3 aromatic carbocycles. The predicted molar refractivity (Wildman–Crippen MR) is 157 cm³/mol. The molecule has 0 radical (unpaired) electrons. The number of nitrogens with one attached hydrogen (secondary N) is 1. The van der Waals surface area contributed by atoms with Gasteiger partial charge in [0.2, 0.25) is 5.75 Å². The largest absolute Gasteiger partial charge is 0.493 e. The van der Waals surface area contributed by atoms with E-state index < -0.39 is 0 Å². The van der Waals surface area contributed by atoms with Crippen LogP contribution < -0.4 is 24.3 Å². The van der Waals surface area contributed by atoms with Crippen molar-refractivity contribution in [3.63, 3.8) is 0 Å². The van der Waals surface area contributed by atoms with Crippen LogP contribution in [-0.2, 0) is 13.0 Å². The minimum atomic E-state index is -0.176. The van der Waals surface area contributed by atoms with E-state index in [-0.39, 0.29) is 5.91 Å². The molecule has 0 aliphatic rings. The molecule has 8 nitrogen and oxygen atoms in total. The predicted octanol–water partition coefficient (Wildman–Crippen LogP) is 5.90. The lowest BCUT2D eigenvalue weighted by atomic mass is 10.1. The van der Waals surface area contributed by atoms with Crippen LogP contribution in [0.3, 0.4) is 0 Å². The van der Waals surface area contributed by atoms with Gasteiger partial charge in [-0.15, -0.1) is 0 Å². The molecule has 212 valence electrons. The highest BCUT2D eigenvalue weighted by atomic mass is 16.5. The van der Waals surface area contributed by atoms with Crippen LogP contribution in [0.1, 0.15) is 46.6 Å². The van der Waals surface area contributed by atoms with Crippen LogP contribution in [0.4, 0.5) is 0 Å². The number of rotatable bonds is 14. The molecule has 1 aromatic heterocycles. The molecule has 0 bridgehead atoms. The van der Waals surface area contributed by atoms with Crippen LogP contribution in [0.15, 0.2) is 54.6 Å². The number of fused-ring (bicyclic) bond motifs is 1. The van der Waals surface area contributed by atoms with Crippen molar-refractivity contribution in [1.82, 2.24) is 14.9 Å². The quantitative estimate of drug-likeness (QED) is 0.199. The maximum Gasteiger partial charge on any atom is 0.251 e. The first-order valence-corrected chi connectivity index (χ1v) is 13.7. The van der Waals surface area contributed by atoms with Crippen molar-refractivity contribution in [3.8, 4) is 23.0 Å². The summed E-state index contributed by atoms with van der Waals surface area (Å²) in [5, 5.41) is 2.99. The molecule has 1 N–H and O–H groups in total. The number of aryl methyl sites for hydroxylation is 3. The Kier molecular flexibility index (Phi) is 9.89. The van der Waals surface area contributed by atoms with Gasteiger partial charge in [-0.2, -0.15) is 0 Å². The Labute approximate surface area is 236 Å². The lowest BCUT2D eigenvalue weighted by molar-refractivity contribution is 0.0952. The van der Waals surface area contributed by atoms with Crippen LogP contribution in [-0.4, -0.2) is 49.9 Å². The Morgan fingerprint density at radius 2 is 1.62 bits per heavy atom. The summed E-state index contributed by atoms with van der Waals surface area (Å²) in [5.41, 5.74) is 5.08. The lowest BCUT2D eigenvalue weighted by Gasteiger charge is -2.14. The van der Waals surface area contributed by atoms with Gasteiger partial charge in [-0.25, -0.2) is 4.98 Å². The van der Waals surface area contributed by atoms with Gasteiger partial charge in [-0.3, -0.25) is 4.79 Å². The molecule has 0 unspecified atom stereocenters. The van der Waals surface area contributed by atoms with Gasteiger partial charge in [-0.1, -0.05) is 24.6 Å². The molecule has 0 aliphatic heterocycles. The van der Waals surface area contributed by atoms with E-state index in [9.17, 15) is 4.79 Å². The number of benzene rings is 3. The van der Waals surface area contributed by atoms with E-state index in [1.54, 1.807) is 12.1 Å². The van der Waals surface area contributed by atoms with Crippen molar-refractivity contribution in [2.24, 2.45) is 0 Å². The van der Waals surface area contributed by atoms with E-state index in [0.717, 1.165) is 54.8 Å². The number of para-hydroxylation sites is 2. The number of carbonyl (C=O) groups excluding carboxylic acids is 1. The Morgan fingerprint density at radius 1 is 0.875 bits per heavy atom. The first kappa shape index (κ1) is 28.8. The van der Waals surface area contributed by atoms with Crippen molar-refractivity contribution in [3.05, 3.63) is 77.1 Å². The van der Waals surface area contributed by atoms with Gasteiger partial charge < -0.3 is 28.8 Å². The summed E-state index contributed by atoms with van der Waals surface area (Å²) in [6.45, 7) is 6.08. The van der Waals surface area contributed by atoms with Gasteiger partial charge in [0.15, 0.2) is 11.5 Å². The standard InChI is InChI=1S/C32H39N3O5/c1-22-14-15-25(19-23(22)2)40-18-17-35-27-12-9-8-11-26(27)34-30(35)13-7-6-10-16-33-32(36)24-20-28(37-3)31(39-5)29(21-24)38-4/h8-9,11-12,14-15,19-21H,6-7,10,13,16-18H2,1-5H3,(H,33,36). The monoisotopic (exact) mass is 545 g/mol. The highest BCUT2D eigenvalue weighted by molar-refractivity contribution is 5.95. The van der Waals surface area contributed by atoms with Gasteiger partial charge >= 0.3 is 0 Å². The fourth-order valence-corrected chi connectivity index (χ4v) is 4.73. The molecule has 0 aliphatic carbocycles. The van der Waals surface area contributed by atoms with Crippen molar-refractivity contribution >= 4 is 16.9 Å². The molecule has 0 atom stereocenters. The average molecular weight is 546 g/mol. The zero-order chi connectivity index (χ0) is 28.5. The second-order valence-electron chi connectivity index (χ2n) is 9.74. The smallest absolute Gasteiger partial charge is 0.251 e. The SMILES string of the molecule is COc1cc(C(=O)NCCCCCc2nc3ccccc3n2CCOc2ccc(C)c(C)c2)cc(OC)c1OC. The molecular weight excluding hydrogens is 506 g/mol. The third-order valence-corrected chi connectivity index (χ3v) is 7.09. The van der Waals surface area contributed by atoms with Gasteiger partial charge in [-0.05, 0) is 74.2 Å². The number of hydrogen-bond acceptors (Lipinski definition) is 6. The highest BCUT2D eigenvalue weighted by Crippen LogP contribution is 2.38. The van der Waals surface area contributed by atoms with E-state index in [4.69, 9.17) is 23.9 Å². The molecular formula is C32H39N3O5. The third-order valence-electron chi connectivity index (χ3n) is 7.09. The number of carbonyl (C=O) groups is 1. The highest BCUT2D eigenvalue weighted by Gasteiger charge is 2.17. The number of imidazole rings is 1. The maximum atomic E-state index is 12.7. The number of nitrogens with zero attached hydrogens (tertiary/aromatic N) is 2. The molecule has 8 heteroatoms. The topological polar surface area (TPSA) is 83.8 Å². The minimum Gasteiger partial charge on any atom is -0.493 e. The second-order valence-corrected chi connectivity index (χ2v) is 9.74. The Morgan fingerprint density at radius 3 is 2.33 bits per heavy atom. The van der Waals surface area contributed by atoms with Crippen LogP contribution in [0.2, 0.25) is 0 Å². The first-order valence-electron chi connectivity index (χ1n) is 13.7. The second kappa shape index (κ2) is 13.7. The molecule has 40 heavy (non-hydrogen) atoms.